The third-order valence-corrected chi connectivity index (χ3v) is 4.67. The summed E-state index contributed by atoms with van der Waals surface area (Å²) in [5, 5.41) is 9.24. The molecule has 0 bridgehead atoms. The normalized spacial score (nSPS) is 32.5. The lowest BCUT2D eigenvalue weighted by Gasteiger charge is -2.33. The van der Waals surface area contributed by atoms with Gasteiger partial charge in [0, 0.05) is 15.4 Å². The second kappa shape index (κ2) is 5.24. The molecule has 4 N–H and O–H groups in total. The van der Waals surface area contributed by atoms with E-state index >= 15 is 0 Å². The maximum Gasteiger partial charge on any atom is 0.200 e. The molecule has 5 nitrogen and oxygen atoms in total. The van der Waals surface area contributed by atoms with Crippen molar-refractivity contribution in [2.24, 2.45) is 17.6 Å². The van der Waals surface area contributed by atoms with E-state index in [1.807, 2.05) is 13.0 Å². The minimum absolute atomic E-state index is 0.0455. The number of nitriles is 1. The molecule has 1 saturated heterocycles. The molecule has 0 amide bonds. The van der Waals surface area contributed by atoms with Crippen molar-refractivity contribution in [3.05, 3.63) is 44.9 Å². The van der Waals surface area contributed by atoms with Crippen LogP contribution < -0.4 is 16.6 Å². The van der Waals surface area contributed by atoms with E-state index in [2.05, 4.69) is 57.7 Å². The molecular formula is C14H15IN4O. The van der Waals surface area contributed by atoms with Gasteiger partial charge in [-0.1, -0.05) is 19.1 Å². The number of hydrazine groups is 1. The number of fused-ring (bicyclic) bond motifs is 1. The molecule has 3 rings (SSSR count). The fourth-order valence-corrected chi connectivity index (χ4v) is 3.54. The number of hydrogen-bond acceptors (Lipinski definition) is 5. The van der Waals surface area contributed by atoms with Crippen LogP contribution in [0.5, 0.6) is 0 Å². The van der Waals surface area contributed by atoms with E-state index in [0.717, 1.165) is 0 Å². The van der Waals surface area contributed by atoms with Gasteiger partial charge in [0.1, 0.15) is 6.07 Å². The maximum atomic E-state index is 9.24. The van der Waals surface area contributed by atoms with E-state index in [1.54, 1.807) is 0 Å². The molecule has 2 aliphatic heterocycles. The van der Waals surface area contributed by atoms with Crippen molar-refractivity contribution in [1.29, 1.82) is 5.26 Å². The Morgan fingerprint density at radius 2 is 2.20 bits per heavy atom. The fourth-order valence-electron chi connectivity index (χ4n) is 2.98. The van der Waals surface area contributed by atoms with Gasteiger partial charge in [0.15, 0.2) is 12.1 Å². The third-order valence-electron chi connectivity index (χ3n) is 4.00. The van der Waals surface area contributed by atoms with E-state index in [4.69, 9.17) is 10.5 Å². The monoisotopic (exact) mass is 382 g/mol. The highest BCUT2D eigenvalue weighted by Crippen LogP contribution is 2.41. The standard InChI is InChI=1S/C14H15IN4O/c1-7-10(6-16)13(17)20-14-11(7)12(18-19-14)8-3-2-4-9(15)5-8/h2-5,7,11-12,14,18-19H,17H2,1H3. The van der Waals surface area contributed by atoms with Crippen LogP contribution in [0.15, 0.2) is 35.7 Å². The van der Waals surface area contributed by atoms with E-state index in [1.165, 1.54) is 9.13 Å². The van der Waals surface area contributed by atoms with Gasteiger partial charge in [0.05, 0.1) is 11.6 Å². The van der Waals surface area contributed by atoms with Crippen LogP contribution in [0, 0.1) is 26.7 Å². The molecule has 20 heavy (non-hydrogen) atoms. The van der Waals surface area contributed by atoms with Crippen LogP contribution in [0.25, 0.3) is 0 Å². The van der Waals surface area contributed by atoms with Gasteiger partial charge in [0.2, 0.25) is 0 Å². The van der Waals surface area contributed by atoms with Gasteiger partial charge in [-0.05, 0) is 40.3 Å². The second-order valence-electron chi connectivity index (χ2n) is 5.12. The third kappa shape index (κ3) is 2.16. The van der Waals surface area contributed by atoms with Crippen molar-refractivity contribution < 1.29 is 4.74 Å². The van der Waals surface area contributed by atoms with Gasteiger partial charge in [-0.15, -0.1) is 0 Å². The van der Waals surface area contributed by atoms with Crippen molar-refractivity contribution in [2.75, 3.05) is 0 Å². The summed E-state index contributed by atoms with van der Waals surface area (Å²) in [4.78, 5) is 0. The highest BCUT2D eigenvalue weighted by molar-refractivity contribution is 14.1. The molecular weight excluding hydrogens is 367 g/mol. The number of nitrogens with zero attached hydrogens (tertiary/aromatic N) is 1. The Morgan fingerprint density at radius 1 is 1.40 bits per heavy atom. The predicted molar refractivity (Wildman–Crippen MR) is 82.5 cm³/mol. The van der Waals surface area contributed by atoms with Crippen molar-refractivity contribution in [3.8, 4) is 6.07 Å². The zero-order chi connectivity index (χ0) is 14.3. The van der Waals surface area contributed by atoms with Crippen molar-refractivity contribution in [3.63, 3.8) is 0 Å². The highest BCUT2D eigenvalue weighted by Gasteiger charge is 2.46. The lowest BCUT2D eigenvalue weighted by molar-refractivity contribution is 0.0235. The molecule has 2 aliphatic rings. The molecule has 0 radical (unpaired) electrons. The molecule has 1 aromatic carbocycles. The summed E-state index contributed by atoms with van der Waals surface area (Å²) < 4.78 is 6.81. The summed E-state index contributed by atoms with van der Waals surface area (Å²) in [6.45, 7) is 2.03. The topological polar surface area (TPSA) is 83.1 Å². The van der Waals surface area contributed by atoms with Crippen LogP contribution in [0.2, 0.25) is 0 Å². The van der Waals surface area contributed by atoms with Gasteiger partial charge < -0.3 is 10.5 Å². The number of benzene rings is 1. The lowest BCUT2D eigenvalue weighted by atomic mass is 9.79. The van der Waals surface area contributed by atoms with Crippen LogP contribution in [0.4, 0.5) is 0 Å². The molecule has 2 heterocycles. The minimum atomic E-state index is -0.204. The Bertz CT molecular complexity index is 609. The highest BCUT2D eigenvalue weighted by atomic mass is 127. The Morgan fingerprint density at radius 3 is 2.90 bits per heavy atom. The second-order valence-corrected chi connectivity index (χ2v) is 6.36. The van der Waals surface area contributed by atoms with Crippen molar-refractivity contribution in [1.82, 2.24) is 10.9 Å². The lowest BCUT2D eigenvalue weighted by Crippen LogP contribution is -2.40. The van der Waals surface area contributed by atoms with Crippen LogP contribution in [0.3, 0.4) is 0 Å². The number of ether oxygens (including phenoxy) is 1. The average molecular weight is 382 g/mol. The Hall–Kier alpha value is -1.30. The largest absolute Gasteiger partial charge is 0.458 e. The smallest absolute Gasteiger partial charge is 0.200 e. The zero-order valence-corrected chi connectivity index (χ0v) is 13.1. The molecule has 0 aromatic heterocycles. The quantitative estimate of drug-likeness (QED) is 0.645. The molecule has 0 aliphatic carbocycles. The number of allylic oxidation sites excluding steroid dienone is 1. The van der Waals surface area contributed by atoms with Gasteiger partial charge in [-0.25, -0.2) is 10.9 Å². The molecule has 0 spiro atoms. The van der Waals surface area contributed by atoms with E-state index in [0.29, 0.717) is 5.57 Å². The Labute approximate surface area is 131 Å². The number of halogens is 1. The number of nitrogens with one attached hydrogen (secondary N) is 2. The Kier molecular flexibility index (Phi) is 3.58. The average Bonchev–Trinajstić information content (AvgIpc) is 2.83. The van der Waals surface area contributed by atoms with Crippen molar-refractivity contribution in [2.45, 2.75) is 19.2 Å². The zero-order valence-electron chi connectivity index (χ0n) is 10.9. The molecule has 1 fully saturated rings. The van der Waals surface area contributed by atoms with Gasteiger partial charge >= 0.3 is 0 Å². The number of rotatable bonds is 1. The van der Waals surface area contributed by atoms with Crippen LogP contribution >= 0.6 is 22.6 Å². The fraction of sp³-hybridized carbons (Fsp3) is 0.357. The van der Waals surface area contributed by atoms with Gasteiger partial charge in [-0.2, -0.15) is 5.26 Å². The van der Waals surface area contributed by atoms with Crippen LogP contribution in [0.1, 0.15) is 18.5 Å². The molecule has 1 aromatic rings. The molecule has 4 unspecified atom stereocenters. The summed E-state index contributed by atoms with van der Waals surface area (Å²) in [5.41, 5.74) is 13.9. The summed E-state index contributed by atoms with van der Waals surface area (Å²) in [7, 11) is 0. The van der Waals surface area contributed by atoms with Gasteiger partial charge in [0.25, 0.3) is 0 Å². The SMILES string of the molecule is CC1C(C#N)=C(N)OC2NNC(c3cccc(I)c3)C21. The summed E-state index contributed by atoms with van der Waals surface area (Å²) >= 11 is 2.30. The first-order valence-corrected chi connectivity index (χ1v) is 7.52. The predicted octanol–water partition coefficient (Wildman–Crippen LogP) is 1.74. The first-order valence-electron chi connectivity index (χ1n) is 6.44. The summed E-state index contributed by atoms with van der Waals surface area (Å²) in [5.74, 6) is 0.415. The van der Waals surface area contributed by atoms with Gasteiger partial charge in [-0.3, -0.25) is 0 Å². The molecule has 6 heteroatoms. The number of hydrogen-bond donors (Lipinski definition) is 3. The molecule has 0 saturated carbocycles. The van der Waals surface area contributed by atoms with E-state index < -0.39 is 0 Å². The Balaban J connectivity index is 1.96. The van der Waals surface area contributed by atoms with Crippen LogP contribution in [-0.4, -0.2) is 6.23 Å². The van der Waals surface area contributed by atoms with Crippen LogP contribution in [-0.2, 0) is 4.74 Å². The maximum absolute atomic E-state index is 9.24. The van der Waals surface area contributed by atoms with Crippen molar-refractivity contribution >= 4 is 22.6 Å². The van der Waals surface area contributed by atoms with E-state index in [9.17, 15) is 5.26 Å². The summed E-state index contributed by atoms with van der Waals surface area (Å²) in [6.07, 6.45) is -0.204. The first kappa shape index (κ1) is 13.7. The minimum Gasteiger partial charge on any atom is -0.458 e. The summed E-state index contributed by atoms with van der Waals surface area (Å²) in [6, 6.07) is 10.6. The van der Waals surface area contributed by atoms with E-state index in [-0.39, 0.29) is 30.0 Å². The molecule has 104 valence electrons. The number of nitrogens with two attached hydrogens (primary N) is 1. The molecule has 4 atom stereocenters. The first-order chi connectivity index (χ1) is 9.61.